The summed E-state index contributed by atoms with van der Waals surface area (Å²) in [5.74, 6) is 2.27. The van der Waals surface area contributed by atoms with Gasteiger partial charge in [0.15, 0.2) is 0 Å². The SMILES string of the molecule is CC(=O)Nc1cccc(OCCNC(=O)[C@H]2CCc3nnc(C)n3C2)c1. The molecule has 1 aromatic heterocycles. The van der Waals surface area contributed by atoms with Crippen LogP contribution in [0, 0.1) is 12.8 Å². The Hall–Kier alpha value is -2.90. The van der Waals surface area contributed by atoms with Crippen LogP contribution >= 0.6 is 0 Å². The Morgan fingerprint density at radius 1 is 1.35 bits per heavy atom. The monoisotopic (exact) mass is 357 g/mol. The molecule has 1 aliphatic heterocycles. The average Bonchev–Trinajstić information content (AvgIpc) is 2.99. The highest BCUT2D eigenvalue weighted by molar-refractivity contribution is 5.88. The van der Waals surface area contributed by atoms with Crippen LogP contribution in [0.2, 0.25) is 0 Å². The molecule has 2 N–H and O–H groups in total. The van der Waals surface area contributed by atoms with E-state index in [-0.39, 0.29) is 17.7 Å². The van der Waals surface area contributed by atoms with Crippen molar-refractivity contribution in [2.24, 2.45) is 5.92 Å². The Morgan fingerprint density at radius 3 is 3.00 bits per heavy atom. The van der Waals surface area contributed by atoms with Gasteiger partial charge in [-0.1, -0.05) is 6.07 Å². The van der Waals surface area contributed by atoms with Crippen LogP contribution in [-0.4, -0.2) is 39.7 Å². The van der Waals surface area contributed by atoms with E-state index >= 15 is 0 Å². The van der Waals surface area contributed by atoms with Gasteiger partial charge in [0.1, 0.15) is 24.0 Å². The second-order valence-corrected chi connectivity index (χ2v) is 6.36. The molecule has 0 fully saturated rings. The zero-order valence-corrected chi connectivity index (χ0v) is 15.0. The molecular formula is C18H23N5O3. The zero-order valence-electron chi connectivity index (χ0n) is 15.0. The lowest BCUT2D eigenvalue weighted by atomic mass is 9.98. The van der Waals surface area contributed by atoms with Crippen molar-refractivity contribution in [3.8, 4) is 5.75 Å². The molecular weight excluding hydrogens is 334 g/mol. The normalized spacial score (nSPS) is 15.8. The number of aromatic nitrogens is 3. The molecule has 1 aromatic carbocycles. The van der Waals surface area contributed by atoms with Gasteiger partial charge in [0, 0.05) is 31.6 Å². The summed E-state index contributed by atoms with van der Waals surface area (Å²) in [7, 11) is 0. The number of nitrogens with zero attached hydrogens (tertiary/aromatic N) is 3. The van der Waals surface area contributed by atoms with Gasteiger partial charge in [-0.15, -0.1) is 10.2 Å². The summed E-state index contributed by atoms with van der Waals surface area (Å²) in [6, 6.07) is 7.16. The molecule has 8 nitrogen and oxygen atoms in total. The molecule has 2 heterocycles. The van der Waals surface area contributed by atoms with Gasteiger partial charge in [-0.3, -0.25) is 9.59 Å². The molecule has 0 aliphatic carbocycles. The lowest BCUT2D eigenvalue weighted by Gasteiger charge is -2.23. The smallest absolute Gasteiger partial charge is 0.225 e. The van der Waals surface area contributed by atoms with E-state index in [1.807, 2.05) is 17.6 Å². The molecule has 0 unspecified atom stereocenters. The molecule has 1 atom stereocenters. The average molecular weight is 357 g/mol. The summed E-state index contributed by atoms with van der Waals surface area (Å²) in [4.78, 5) is 23.4. The number of carbonyl (C=O) groups excluding carboxylic acids is 2. The Morgan fingerprint density at radius 2 is 2.19 bits per heavy atom. The van der Waals surface area contributed by atoms with Crippen molar-refractivity contribution in [1.29, 1.82) is 0 Å². The largest absolute Gasteiger partial charge is 0.492 e. The van der Waals surface area contributed by atoms with Crippen LogP contribution in [0.25, 0.3) is 0 Å². The molecule has 3 rings (SSSR count). The van der Waals surface area contributed by atoms with E-state index in [1.165, 1.54) is 6.92 Å². The van der Waals surface area contributed by atoms with Gasteiger partial charge < -0.3 is 19.9 Å². The maximum Gasteiger partial charge on any atom is 0.225 e. The lowest BCUT2D eigenvalue weighted by Crippen LogP contribution is -2.38. The Kier molecular flexibility index (Phi) is 5.50. The van der Waals surface area contributed by atoms with Crippen LogP contribution in [0.15, 0.2) is 24.3 Å². The van der Waals surface area contributed by atoms with Gasteiger partial charge in [-0.25, -0.2) is 0 Å². The number of ether oxygens (including phenoxy) is 1. The summed E-state index contributed by atoms with van der Waals surface area (Å²) >= 11 is 0. The predicted molar refractivity (Wildman–Crippen MR) is 95.8 cm³/mol. The van der Waals surface area contributed by atoms with Crippen molar-refractivity contribution in [3.63, 3.8) is 0 Å². The minimum Gasteiger partial charge on any atom is -0.492 e. The first-order valence-corrected chi connectivity index (χ1v) is 8.70. The van der Waals surface area contributed by atoms with Crippen molar-refractivity contribution in [2.45, 2.75) is 33.2 Å². The third-order valence-electron chi connectivity index (χ3n) is 4.33. The van der Waals surface area contributed by atoms with Gasteiger partial charge in [-0.2, -0.15) is 0 Å². The molecule has 0 saturated carbocycles. The molecule has 0 spiro atoms. The molecule has 0 radical (unpaired) electrons. The van der Waals surface area contributed by atoms with Crippen LogP contribution < -0.4 is 15.4 Å². The minimum absolute atomic E-state index is 0.0272. The molecule has 0 bridgehead atoms. The fourth-order valence-corrected chi connectivity index (χ4v) is 3.03. The zero-order chi connectivity index (χ0) is 18.5. The highest BCUT2D eigenvalue weighted by atomic mass is 16.5. The Labute approximate surface area is 151 Å². The van der Waals surface area contributed by atoms with E-state index in [2.05, 4.69) is 20.8 Å². The standard InChI is InChI=1S/C18H23N5O3/c1-12-21-22-17-7-6-14(11-23(12)17)18(25)19-8-9-26-16-5-3-4-15(10-16)20-13(2)24/h3-5,10,14H,6-9,11H2,1-2H3,(H,19,25)(H,20,24)/t14-/m0/s1. The fraction of sp³-hybridized carbons (Fsp3) is 0.444. The number of hydrogen-bond acceptors (Lipinski definition) is 5. The summed E-state index contributed by atoms with van der Waals surface area (Å²) in [6.07, 6.45) is 1.55. The third kappa shape index (κ3) is 4.38. The van der Waals surface area contributed by atoms with Crippen molar-refractivity contribution in [1.82, 2.24) is 20.1 Å². The highest BCUT2D eigenvalue weighted by Crippen LogP contribution is 2.20. The maximum atomic E-state index is 12.4. The molecule has 138 valence electrons. The quantitative estimate of drug-likeness (QED) is 0.760. The second kappa shape index (κ2) is 7.99. The number of anilines is 1. The van der Waals surface area contributed by atoms with Gasteiger partial charge in [0.05, 0.1) is 12.5 Å². The second-order valence-electron chi connectivity index (χ2n) is 6.36. The number of benzene rings is 1. The topological polar surface area (TPSA) is 98.1 Å². The number of rotatable bonds is 6. The Bertz CT molecular complexity index is 802. The minimum atomic E-state index is -0.131. The van der Waals surface area contributed by atoms with Gasteiger partial charge in [0.2, 0.25) is 11.8 Å². The van der Waals surface area contributed by atoms with E-state index in [0.29, 0.717) is 31.1 Å². The summed E-state index contributed by atoms with van der Waals surface area (Å²) in [5, 5.41) is 13.8. The van der Waals surface area contributed by atoms with Crippen LogP contribution in [0.1, 0.15) is 25.0 Å². The molecule has 2 amide bonds. The number of hydrogen-bond donors (Lipinski definition) is 2. The van der Waals surface area contributed by atoms with E-state index < -0.39 is 0 Å². The Balaban J connectivity index is 1.43. The molecule has 26 heavy (non-hydrogen) atoms. The lowest BCUT2D eigenvalue weighted by molar-refractivity contribution is -0.126. The first kappa shape index (κ1) is 17.9. The number of nitrogens with one attached hydrogen (secondary N) is 2. The van der Waals surface area contributed by atoms with Crippen molar-refractivity contribution in [3.05, 3.63) is 35.9 Å². The van der Waals surface area contributed by atoms with Crippen LogP contribution in [0.3, 0.4) is 0 Å². The first-order chi connectivity index (χ1) is 12.5. The molecule has 2 aromatic rings. The summed E-state index contributed by atoms with van der Waals surface area (Å²) in [6.45, 7) is 4.77. The van der Waals surface area contributed by atoms with Gasteiger partial charge >= 0.3 is 0 Å². The summed E-state index contributed by atoms with van der Waals surface area (Å²) < 4.78 is 7.65. The maximum absolute atomic E-state index is 12.4. The van der Waals surface area contributed by atoms with E-state index in [4.69, 9.17) is 4.74 Å². The van der Waals surface area contributed by atoms with Crippen molar-refractivity contribution >= 4 is 17.5 Å². The van der Waals surface area contributed by atoms with Gasteiger partial charge in [-0.05, 0) is 25.5 Å². The van der Waals surface area contributed by atoms with E-state index in [0.717, 1.165) is 24.5 Å². The van der Waals surface area contributed by atoms with Crippen molar-refractivity contribution in [2.75, 3.05) is 18.5 Å². The third-order valence-corrected chi connectivity index (χ3v) is 4.33. The van der Waals surface area contributed by atoms with Crippen LogP contribution in [0.4, 0.5) is 5.69 Å². The summed E-state index contributed by atoms with van der Waals surface area (Å²) in [5.41, 5.74) is 0.682. The first-order valence-electron chi connectivity index (χ1n) is 8.70. The molecule has 1 aliphatic rings. The van der Waals surface area contributed by atoms with Crippen molar-refractivity contribution < 1.29 is 14.3 Å². The van der Waals surface area contributed by atoms with E-state index in [1.54, 1.807) is 18.2 Å². The van der Waals surface area contributed by atoms with Crippen LogP contribution in [-0.2, 0) is 22.6 Å². The van der Waals surface area contributed by atoms with E-state index in [9.17, 15) is 9.59 Å². The number of amides is 2. The molecule has 0 saturated heterocycles. The molecule has 8 heteroatoms. The number of carbonyl (C=O) groups is 2. The van der Waals surface area contributed by atoms with Gasteiger partial charge in [0.25, 0.3) is 0 Å². The highest BCUT2D eigenvalue weighted by Gasteiger charge is 2.26. The van der Waals surface area contributed by atoms with Crippen LogP contribution in [0.5, 0.6) is 5.75 Å². The fourth-order valence-electron chi connectivity index (χ4n) is 3.03. The number of fused-ring (bicyclic) bond motifs is 1. The predicted octanol–water partition coefficient (Wildman–Crippen LogP) is 1.30. The number of aryl methyl sites for hydroxylation is 2.